The average molecular weight is 328 g/mol. The lowest BCUT2D eigenvalue weighted by Gasteiger charge is -2.19. The smallest absolute Gasteiger partial charge is 0.332 e. The van der Waals surface area contributed by atoms with Crippen LogP contribution in [-0.4, -0.2) is 26.3 Å². The lowest BCUT2D eigenvalue weighted by atomic mass is 10.1. The summed E-state index contributed by atoms with van der Waals surface area (Å²) in [5.74, 6) is -1.26. The molecular formula is C16H16N4O4. The molecule has 1 aromatic carbocycles. The molecule has 8 heteroatoms. The normalized spacial score (nSPS) is 11.5. The van der Waals surface area contributed by atoms with E-state index in [1.165, 1.54) is 14.1 Å². The van der Waals surface area contributed by atoms with Crippen LogP contribution < -0.4 is 16.6 Å². The number of hydrogen-bond donors (Lipinski definition) is 2. The number of nitrogens with one attached hydrogen (secondary N) is 1. The molecule has 0 saturated heterocycles. The Morgan fingerprint density at radius 2 is 1.88 bits per heavy atom. The van der Waals surface area contributed by atoms with Crippen LogP contribution in [0.3, 0.4) is 0 Å². The topological polar surface area (TPSA) is 117 Å². The first-order chi connectivity index (χ1) is 11.4. The number of aromatic nitrogens is 2. The maximum absolute atomic E-state index is 12.0. The number of hydrogen-bond acceptors (Lipinski definition) is 5. The Labute approximate surface area is 137 Å². The van der Waals surface area contributed by atoms with Gasteiger partial charge in [-0.1, -0.05) is 30.3 Å². The van der Waals surface area contributed by atoms with Crippen molar-refractivity contribution >= 4 is 11.8 Å². The molecule has 0 amide bonds. The summed E-state index contributed by atoms with van der Waals surface area (Å²) < 4.78 is 1.86. The summed E-state index contributed by atoms with van der Waals surface area (Å²) in [6.45, 7) is 0. The minimum absolute atomic E-state index is 0.103. The molecule has 2 N–H and O–H groups in total. The molecule has 24 heavy (non-hydrogen) atoms. The molecule has 1 aromatic heterocycles. The monoisotopic (exact) mass is 328 g/mol. The molecular weight excluding hydrogens is 312 g/mol. The number of carboxylic acid groups (broad SMARTS) is 1. The van der Waals surface area contributed by atoms with E-state index in [0.717, 1.165) is 14.7 Å². The Kier molecular flexibility index (Phi) is 4.84. The molecule has 0 aliphatic carbocycles. The fourth-order valence-corrected chi connectivity index (χ4v) is 2.33. The molecule has 0 bridgehead atoms. The van der Waals surface area contributed by atoms with Crippen molar-refractivity contribution in [2.45, 2.75) is 12.5 Å². The summed E-state index contributed by atoms with van der Waals surface area (Å²) in [7, 11) is 2.63. The number of rotatable bonds is 5. The van der Waals surface area contributed by atoms with Gasteiger partial charge in [-0.25, -0.2) is 9.59 Å². The molecule has 1 atom stereocenters. The summed E-state index contributed by atoms with van der Waals surface area (Å²) in [4.78, 5) is 35.6. The van der Waals surface area contributed by atoms with E-state index in [9.17, 15) is 24.8 Å². The van der Waals surface area contributed by atoms with Gasteiger partial charge in [-0.05, 0) is 5.56 Å². The molecule has 0 radical (unpaired) electrons. The van der Waals surface area contributed by atoms with Crippen LogP contribution in [0.4, 0.5) is 5.82 Å². The molecule has 8 nitrogen and oxygen atoms in total. The Bertz CT molecular complexity index is 922. The lowest BCUT2D eigenvalue weighted by Crippen LogP contribution is -2.42. The van der Waals surface area contributed by atoms with Gasteiger partial charge in [0.05, 0.1) is 0 Å². The van der Waals surface area contributed by atoms with Gasteiger partial charge in [0.15, 0.2) is 5.56 Å². The van der Waals surface area contributed by atoms with Crippen molar-refractivity contribution in [2.75, 3.05) is 5.32 Å². The highest BCUT2D eigenvalue weighted by Gasteiger charge is 2.23. The average Bonchev–Trinajstić information content (AvgIpc) is 2.58. The molecule has 2 rings (SSSR count). The predicted octanol–water partition coefficient (Wildman–Crippen LogP) is 0.0635. The summed E-state index contributed by atoms with van der Waals surface area (Å²) >= 11 is 0. The van der Waals surface area contributed by atoms with E-state index >= 15 is 0 Å². The van der Waals surface area contributed by atoms with Crippen molar-refractivity contribution in [3.05, 3.63) is 62.3 Å². The first-order valence-corrected chi connectivity index (χ1v) is 7.10. The molecule has 0 saturated carbocycles. The number of aliphatic carboxylic acids is 1. The van der Waals surface area contributed by atoms with Gasteiger partial charge in [0, 0.05) is 20.5 Å². The van der Waals surface area contributed by atoms with Crippen LogP contribution in [0.2, 0.25) is 0 Å². The van der Waals surface area contributed by atoms with Gasteiger partial charge < -0.3 is 10.4 Å². The fourth-order valence-electron chi connectivity index (χ4n) is 2.33. The van der Waals surface area contributed by atoms with Crippen molar-refractivity contribution in [1.82, 2.24) is 9.13 Å². The van der Waals surface area contributed by atoms with Crippen molar-refractivity contribution in [3.8, 4) is 6.07 Å². The Balaban J connectivity index is 2.48. The van der Waals surface area contributed by atoms with E-state index in [0.29, 0.717) is 0 Å². The quantitative estimate of drug-likeness (QED) is 0.802. The summed E-state index contributed by atoms with van der Waals surface area (Å²) in [6, 6.07) is 9.54. The minimum Gasteiger partial charge on any atom is -0.480 e. The van der Waals surface area contributed by atoms with Crippen LogP contribution in [0.25, 0.3) is 0 Å². The predicted molar refractivity (Wildman–Crippen MR) is 86.8 cm³/mol. The SMILES string of the molecule is Cn1c(N[C@@H](Cc2ccccc2)C(=O)O)c(C#N)c(=O)n(C)c1=O. The second-order valence-corrected chi connectivity index (χ2v) is 5.27. The third-order valence-electron chi connectivity index (χ3n) is 3.67. The third-order valence-corrected chi connectivity index (χ3v) is 3.67. The van der Waals surface area contributed by atoms with Gasteiger partial charge >= 0.3 is 11.7 Å². The minimum atomic E-state index is -1.16. The Hall–Kier alpha value is -3.34. The summed E-state index contributed by atoms with van der Waals surface area (Å²) in [5.41, 5.74) is -0.957. The number of nitriles is 1. The van der Waals surface area contributed by atoms with Crippen LogP contribution in [0.1, 0.15) is 11.1 Å². The number of nitrogens with zero attached hydrogens (tertiary/aromatic N) is 3. The van der Waals surface area contributed by atoms with E-state index in [1.54, 1.807) is 30.3 Å². The largest absolute Gasteiger partial charge is 0.480 e. The molecule has 2 aromatic rings. The van der Waals surface area contributed by atoms with Gasteiger partial charge in [0.2, 0.25) is 0 Å². The lowest BCUT2D eigenvalue weighted by molar-refractivity contribution is -0.137. The van der Waals surface area contributed by atoms with E-state index in [4.69, 9.17) is 0 Å². The van der Waals surface area contributed by atoms with Gasteiger partial charge in [-0.2, -0.15) is 5.26 Å². The van der Waals surface area contributed by atoms with Crippen molar-refractivity contribution < 1.29 is 9.90 Å². The maximum atomic E-state index is 12.0. The first-order valence-electron chi connectivity index (χ1n) is 7.10. The molecule has 0 fully saturated rings. The number of carbonyl (C=O) groups is 1. The van der Waals surface area contributed by atoms with E-state index in [2.05, 4.69) is 5.32 Å². The van der Waals surface area contributed by atoms with Crippen LogP contribution in [-0.2, 0) is 25.3 Å². The second kappa shape index (κ2) is 6.83. The summed E-state index contributed by atoms with van der Waals surface area (Å²) in [6.07, 6.45) is 0.129. The standard InChI is InChI=1S/C16H16N4O4/c1-19-13(11(9-17)14(21)20(2)16(19)24)18-12(15(22)23)8-10-6-4-3-5-7-10/h3-7,12,18H,8H2,1-2H3,(H,22,23)/t12-/m0/s1. The molecule has 1 heterocycles. The van der Waals surface area contributed by atoms with Crippen molar-refractivity contribution in [3.63, 3.8) is 0 Å². The highest BCUT2D eigenvalue weighted by Crippen LogP contribution is 2.12. The third kappa shape index (κ3) is 3.20. The Morgan fingerprint density at radius 1 is 1.25 bits per heavy atom. The first kappa shape index (κ1) is 17.0. The zero-order valence-electron chi connectivity index (χ0n) is 13.2. The Morgan fingerprint density at radius 3 is 2.42 bits per heavy atom. The summed E-state index contributed by atoms with van der Waals surface area (Å²) in [5, 5.41) is 21.3. The zero-order valence-corrected chi connectivity index (χ0v) is 13.2. The molecule has 0 aliphatic heterocycles. The van der Waals surface area contributed by atoms with Crippen LogP contribution >= 0.6 is 0 Å². The van der Waals surface area contributed by atoms with E-state index < -0.39 is 23.3 Å². The zero-order chi connectivity index (χ0) is 17.9. The van der Waals surface area contributed by atoms with E-state index in [-0.39, 0.29) is 17.8 Å². The number of carboxylic acids is 1. The van der Waals surface area contributed by atoms with Crippen molar-refractivity contribution in [1.29, 1.82) is 5.26 Å². The highest BCUT2D eigenvalue weighted by molar-refractivity contribution is 5.78. The molecule has 0 spiro atoms. The van der Waals surface area contributed by atoms with Gasteiger partial charge in [0.1, 0.15) is 17.9 Å². The van der Waals surface area contributed by atoms with Crippen molar-refractivity contribution in [2.24, 2.45) is 14.1 Å². The number of anilines is 1. The second-order valence-electron chi connectivity index (χ2n) is 5.27. The van der Waals surface area contributed by atoms with Gasteiger partial charge in [-0.15, -0.1) is 0 Å². The van der Waals surface area contributed by atoms with Crippen LogP contribution in [0.15, 0.2) is 39.9 Å². The van der Waals surface area contributed by atoms with Gasteiger partial charge in [-0.3, -0.25) is 13.9 Å². The van der Waals surface area contributed by atoms with E-state index in [1.807, 2.05) is 6.07 Å². The fraction of sp³-hybridized carbons (Fsp3) is 0.250. The highest BCUT2D eigenvalue weighted by atomic mass is 16.4. The molecule has 0 aliphatic rings. The van der Waals surface area contributed by atoms with Crippen LogP contribution in [0.5, 0.6) is 0 Å². The van der Waals surface area contributed by atoms with Crippen LogP contribution in [0, 0.1) is 11.3 Å². The molecule has 0 unspecified atom stereocenters. The maximum Gasteiger partial charge on any atom is 0.332 e. The number of benzene rings is 1. The molecule has 124 valence electrons. The van der Waals surface area contributed by atoms with Gasteiger partial charge in [0.25, 0.3) is 5.56 Å².